The van der Waals surface area contributed by atoms with Crippen molar-refractivity contribution >= 4 is 21.9 Å². The summed E-state index contributed by atoms with van der Waals surface area (Å²) in [5.74, 6) is -0.555. The van der Waals surface area contributed by atoms with E-state index in [1.165, 1.54) is 11.1 Å². The quantitative estimate of drug-likeness (QED) is 0.882. The molecule has 1 unspecified atom stereocenters. The van der Waals surface area contributed by atoms with Crippen LogP contribution in [0.3, 0.4) is 0 Å². The molecule has 1 atom stereocenters. The smallest absolute Gasteiger partial charge is 0.339 e. The second-order valence-corrected chi connectivity index (χ2v) is 6.06. The van der Waals surface area contributed by atoms with Gasteiger partial charge < -0.3 is 9.84 Å². The molecule has 0 heterocycles. The fourth-order valence-corrected chi connectivity index (χ4v) is 3.10. The van der Waals surface area contributed by atoms with E-state index in [4.69, 9.17) is 4.74 Å². The van der Waals surface area contributed by atoms with Gasteiger partial charge in [0.2, 0.25) is 0 Å². The molecule has 0 spiro atoms. The van der Waals surface area contributed by atoms with Crippen LogP contribution in [0, 0.1) is 0 Å². The minimum absolute atomic E-state index is 0.0812. The van der Waals surface area contributed by atoms with Crippen molar-refractivity contribution in [3.05, 3.63) is 63.6 Å². The Bertz CT molecular complexity index is 681. The second kappa shape index (κ2) is 5.90. The van der Waals surface area contributed by atoms with Crippen molar-refractivity contribution in [2.75, 3.05) is 0 Å². The molecular formula is C17H15BrO3. The summed E-state index contributed by atoms with van der Waals surface area (Å²) in [6, 6.07) is 13.2. The highest BCUT2D eigenvalue weighted by molar-refractivity contribution is 9.10. The SMILES string of the molecule is O=C(O)c1ccc(Br)cc1OC1CCCc2ccccc21. The van der Waals surface area contributed by atoms with Gasteiger partial charge in [0, 0.05) is 4.47 Å². The maximum Gasteiger partial charge on any atom is 0.339 e. The minimum atomic E-state index is -0.971. The van der Waals surface area contributed by atoms with Crippen LogP contribution in [0.5, 0.6) is 5.75 Å². The maximum absolute atomic E-state index is 11.3. The Labute approximate surface area is 131 Å². The fraction of sp³-hybridized carbons (Fsp3) is 0.235. The predicted molar refractivity (Wildman–Crippen MR) is 83.9 cm³/mol. The van der Waals surface area contributed by atoms with Crippen molar-refractivity contribution in [2.45, 2.75) is 25.4 Å². The number of ether oxygens (including phenoxy) is 1. The first-order valence-corrected chi connectivity index (χ1v) is 7.72. The molecule has 0 saturated carbocycles. The molecule has 0 amide bonds. The highest BCUT2D eigenvalue weighted by Gasteiger charge is 2.23. The van der Waals surface area contributed by atoms with Gasteiger partial charge in [0.25, 0.3) is 0 Å². The third-order valence-electron chi connectivity index (χ3n) is 3.76. The summed E-state index contributed by atoms with van der Waals surface area (Å²) in [7, 11) is 0. The molecular weight excluding hydrogens is 332 g/mol. The number of benzene rings is 2. The van der Waals surface area contributed by atoms with E-state index in [0.29, 0.717) is 5.75 Å². The van der Waals surface area contributed by atoms with Gasteiger partial charge in [-0.2, -0.15) is 0 Å². The lowest BCUT2D eigenvalue weighted by atomic mass is 9.89. The fourth-order valence-electron chi connectivity index (χ4n) is 2.76. The van der Waals surface area contributed by atoms with Crippen LogP contribution in [-0.4, -0.2) is 11.1 Å². The van der Waals surface area contributed by atoms with E-state index in [1.54, 1.807) is 18.2 Å². The van der Waals surface area contributed by atoms with E-state index in [0.717, 1.165) is 23.7 Å². The number of aryl methyl sites for hydroxylation is 1. The van der Waals surface area contributed by atoms with Crippen molar-refractivity contribution in [3.8, 4) is 5.75 Å². The number of carbonyl (C=O) groups is 1. The molecule has 4 heteroatoms. The number of carboxylic acid groups (broad SMARTS) is 1. The third-order valence-corrected chi connectivity index (χ3v) is 4.25. The molecule has 0 saturated heterocycles. The number of fused-ring (bicyclic) bond motifs is 1. The molecule has 21 heavy (non-hydrogen) atoms. The number of carboxylic acids is 1. The van der Waals surface area contributed by atoms with E-state index in [-0.39, 0.29) is 11.7 Å². The van der Waals surface area contributed by atoms with Gasteiger partial charge in [0.05, 0.1) is 0 Å². The van der Waals surface area contributed by atoms with Crippen LogP contribution in [0.2, 0.25) is 0 Å². The largest absolute Gasteiger partial charge is 0.485 e. The topological polar surface area (TPSA) is 46.5 Å². The molecule has 0 bridgehead atoms. The lowest BCUT2D eigenvalue weighted by Gasteiger charge is -2.27. The van der Waals surface area contributed by atoms with Crippen LogP contribution >= 0.6 is 15.9 Å². The summed E-state index contributed by atoms with van der Waals surface area (Å²) in [6.07, 6.45) is 2.93. The van der Waals surface area contributed by atoms with Crippen LogP contribution in [0.15, 0.2) is 46.9 Å². The molecule has 0 aliphatic heterocycles. The zero-order valence-corrected chi connectivity index (χ0v) is 13.0. The molecule has 3 nitrogen and oxygen atoms in total. The van der Waals surface area contributed by atoms with E-state index in [1.807, 2.05) is 12.1 Å². The lowest BCUT2D eigenvalue weighted by molar-refractivity contribution is 0.0687. The van der Waals surface area contributed by atoms with Gasteiger partial charge in [-0.25, -0.2) is 4.79 Å². The van der Waals surface area contributed by atoms with Gasteiger partial charge in [0.15, 0.2) is 0 Å². The number of halogens is 1. The number of hydrogen-bond donors (Lipinski definition) is 1. The minimum Gasteiger partial charge on any atom is -0.485 e. The molecule has 1 N–H and O–H groups in total. The Morgan fingerprint density at radius 2 is 2.05 bits per heavy atom. The summed E-state index contributed by atoms with van der Waals surface area (Å²) in [5.41, 5.74) is 2.65. The van der Waals surface area contributed by atoms with Gasteiger partial charge in [-0.3, -0.25) is 0 Å². The van der Waals surface area contributed by atoms with Crippen LogP contribution < -0.4 is 4.74 Å². The zero-order chi connectivity index (χ0) is 14.8. The van der Waals surface area contributed by atoms with Crippen molar-refractivity contribution in [1.29, 1.82) is 0 Å². The van der Waals surface area contributed by atoms with E-state index in [2.05, 4.69) is 28.1 Å². The molecule has 3 rings (SSSR count). The van der Waals surface area contributed by atoms with Crippen molar-refractivity contribution in [2.24, 2.45) is 0 Å². The normalized spacial score (nSPS) is 17.1. The summed E-state index contributed by atoms with van der Waals surface area (Å²) < 4.78 is 6.86. The standard InChI is InChI=1S/C17H15BrO3/c18-12-8-9-14(17(19)20)16(10-12)21-15-7-3-5-11-4-1-2-6-13(11)15/h1-2,4,6,8-10,15H,3,5,7H2,(H,19,20). The molecule has 0 aromatic heterocycles. The van der Waals surface area contributed by atoms with Gasteiger partial charge in [0.1, 0.15) is 17.4 Å². The van der Waals surface area contributed by atoms with E-state index < -0.39 is 5.97 Å². The highest BCUT2D eigenvalue weighted by atomic mass is 79.9. The molecule has 0 radical (unpaired) electrons. The first-order valence-electron chi connectivity index (χ1n) is 6.92. The number of hydrogen-bond acceptors (Lipinski definition) is 2. The molecule has 0 fully saturated rings. The van der Waals surface area contributed by atoms with Crippen LogP contribution in [0.1, 0.15) is 40.4 Å². The summed E-state index contributed by atoms with van der Waals surface area (Å²) in [4.78, 5) is 11.3. The zero-order valence-electron chi connectivity index (χ0n) is 11.4. The Morgan fingerprint density at radius 3 is 2.86 bits per heavy atom. The first-order chi connectivity index (χ1) is 10.1. The summed E-state index contributed by atoms with van der Waals surface area (Å²) in [5, 5.41) is 9.29. The molecule has 1 aliphatic rings. The Hall–Kier alpha value is -1.81. The summed E-state index contributed by atoms with van der Waals surface area (Å²) >= 11 is 3.37. The van der Waals surface area contributed by atoms with Crippen LogP contribution in [0.4, 0.5) is 0 Å². The molecule has 108 valence electrons. The maximum atomic E-state index is 11.3. The van der Waals surface area contributed by atoms with Crippen molar-refractivity contribution in [3.63, 3.8) is 0 Å². The van der Waals surface area contributed by atoms with E-state index in [9.17, 15) is 9.90 Å². The Morgan fingerprint density at radius 1 is 1.24 bits per heavy atom. The first kappa shape index (κ1) is 14.1. The summed E-state index contributed by atoms with van der Waals surface area (Å²) in [6.45, 7) is 0. The second-order valence-electron chi connectivity index (χ2n) is 5.14. The average Bonchev–Trinajstić information content (AvgIpc) is 2.47. The van der Waals surface area contributed by atoms with Gasteiger partial charge in [-0.05, 0) is 48.6 Å². The third kappa shape index (κ3) is 2.95. The number of rotatable bonds is 3. The Balaban J connectivity index is 1.95. The van der Waals surface area contributed by atoms with Crippen LogP contribution in [-0.2, 0) is 6.42 Å². The molecule has 1 aliphatic carbocycles. The van der Waals surface area contributed by atoms with Gasteiger partial charge in [-0.1, -0.05) is 40.2 Å². The lowest BCUT2D eigenvalue weighted by Crippen LogP contribution is -2.16. The van der Waals surface area contributed by atoms with Gasteiger partial charge in [-0.15, -0.1) is 0 Å². The highest BCUT2D eigenvalue weighted by Crippen LogP contribution is 2.35. The molecule has 2 aromatic rings. The monoisotopic (exact) mass is 346 g/mol. The van der Waals surface area contributed by atoms with Crippen LogP contribution in [0.25, 0.3) is 0 Å². The number of aromatic carboxylic acids is 1. The van der Waals surface area contributed by atoms with Crippen molar-refractivity contribution < 1.29 is 14.6 Å². The predicted octanol–water partition coefficient (Wildman–Crippen LogP) is 4.60. The van der Waals surface area contributed by atoms with E-state index >= 15 is 0 Å². The van der Waals surface area contributed by atoms with Gasteiger partial charge >= 0.3 is 5.97 Å². The average molecular weight is 347 g/mol. The van der Waals surface area contributed by atoms with Crippen molar-refractivity contribution in [1.82, 2.24) is 0 Å². The Kier molecular flexibility index (Phi) is 3.97. The molecule has 2 aromatic carbocycles.